The first-order valence-corrected chi connectivity index (χ1v) is 9.22. The maximum atomic E-state index is 2.31. The van der Waals surface area contributed by atoms with Crippen LogP contribution in [0.5, 0.6) is 0 Å². The molecular formula is C26H24. The van der Waals surface area contributed by atoms with Crippen LogP contribution < -0.4 is 0 Å². The van der Waals surface area contributed by atoms with Crippen molar-refractivity contribution >= 4 is 10.8 Å². The SMILES string of the molecule is CC(C)(C)c1c(-c2ccccc2)ccc2cc(-c3ccccc3)ccc12. The molecule has 0 heterocycles. The molecule has 0 amide bonds. The highest BCUT2D eigenvalue weighted by molar-refractivity contribution is 5.95. The Morgan fingerprint density at radius 2 is 1.15 bits per heavy atom. The monoisotopic (exact) mass is 336 g/mol. The minimum Gasteiger partial charge on any atom is -0.0622 e. The zero-order chi connectivity index (χ0) is 18.1. The second-order valence-electron chi connectivity index (χ2n) is 7.91. The van der Waals surface area contributed by atoms with E-state index in [2.05, 4.69) is 112 Å². The second-order valence-corrected chi connectivity index (χ2v) is 7.91. The average Bonchev–Trinajstić information content (AvgIpc) is 2.67. The Balaban J connectivity index is 1.96. The van der Waals surface area contributed by atoms with E-state index in [1.54, 1.807) is 0 Å². The van der Waals surface area contributed by atoms with Crippen LogP contribution in [0.15, 0.2) is 91.0 Å². The summed E-state index contributed by atoms with van der Waals surface area (Å²) in [6, 6.07) is 32.7. The van der Waals surface area contributed by atoms with Crippen molar-refractivity contribution < 1.29 is 0 Å². The molecule has 4 aromatic rings. The van der Waals surface area contributed by atoms with E-state index in [9.17, 15) is 0 Å². The van der Waals surface area contributed by atoms with E-state index in [0.717, 1.165) is 0 Å². The summed E-state index contributed by atoms with van der Waals surface area (Å²) in [5, 5.41) is 2.65. The Bertz CT molecular complexity index is 1040. The van der Waals surface area contributed by atoms with E-state index in [0.29, 0.717) is 0 Å². The lowest BCUT2D eigenvalue weighted by atomic mass is 9.78. The molecule has 4 rings (SSSR count). The molecule has 0 aliphatic carbocycles. The van der Waals surface area contributed by atoms with Gasteiger partial charge in [-0.3, -0.25) is 0 Å². The van der Waals surface area contributed by atoms with Crippen molar-refractivity contribution in [2.45, 2.75) is 26.2 Å². The first kappa shape index (κ1) is 16.6. The van der Waals surface area contributed by atoms with Crippen molar-refractivity contribution in [1.82, 2.24) is 0 Å². The lowest BCUT2D eigenvalue weighted by Crippen LogP contribution is -2.13. The van der Waals surface area contributed by atoms with Crippen LogP contribution in [0.1, 0.15) is 26.3 Å². The molecule has 0 bridgehead atoms. The largest absolute Gasteiger partial charge is 0.0622 e. The molecule has 26 heavy (non-hydrogen) atoms. The lowest BCUT2D eigenvalue weighted by Gasteiger charge is -2.26. The minimum absolute atomic E-state index is 0.0684. The molecule has 0 saturated heterocycles. The molecular weight excluding hydrogens is 312 g/mol. The number of hydrogen-bond donors (Lipinski definition) is 0. The van der Waals surface area contributed by atoms with Gasteiger partial charge in [-0.1, -0.05) is 106 Å². The van der Waals surface area contributed by atoms with Crippen LogP contribution in [-0.2, 0) is 5.41 Å². The van der Waals surface area contributed by atoms with Gasteiger partial charge in [-0.05, 0) is 50.1 Å². The Labute approximate surface area is 156 Å². The Morgan fingerprint density at radius 1 is 0.538 bits per heavy atom. The molecule has 128 valence electrons. The summed E-state index contributed by atoms with van der Waals surface area (Å²) in [6.45, 7) is 6.91. The molecule has 0 nitrogen and oxygen atoms in total. The molecule has 0 aliphatic heterocycles. The average molecular weight is 336 g/mol. The minimum atomic E-state index is 0.0684. The standard InChI is InChI=1S/C26H24/c1-26(2,3)25-23(20-12-8-5-9-13-20)17-15-22-18-21(14-16-24(22)25)19-10-6-4-7-11-19/h4-18H,1-3H3. The number of fused-ring (bicyclic) bond motifs is 1. The van der Waals surface area contributed by atoms with Crippen molar-refractivity contribution in [2.75, 3.05) is 0 Å². The summed E-state index contributed by atoms with van der Waals surface area (Å²) in [5.41, 5.74) is 6.63. The fourth-order valence-corrected chi connectivity index (χ4v) is 3.81. The fourth-order valence-electron chi connectivity index (χ4n) is 3.81. The van der Waals surface area contributed by atoms with Crippen LogP contribution in [-0.4, -0.2) is 0 Å². The summed E-state index contributed by atoms with van der Waals surface area (Å²) in [7, 11) is 0. The van der Waals surface area contributed by atoms with E-state index in [4.69, 9.17) is 0 Å². The van der Waals surface area contributed by atoms with Crippen molar-refractivity contribution in [1.29, 1.82) is 0 Å². The molecule has 4 aromatic carbocycles. The van der Waals surface area contributed by atoms with Gasteiger partial charge in [-0.25, -0.2) is 0 Å². The molecule has 0 saturated carbocycles. The van der Waals surface area contributed by atoms with Crippen LogP contribution in [0.2, 0.25) is 0 Å². The molecule has 0 aromatic heterocycles. The molecule has 0 radical (unpaired) electrons. The topological polar surface area (TPSA) is 0 Å². The van der Waals surface area contributed by atoms with Gasteiger partial charge in [0.2, 0.25) is 0 Å². The Kier molecular flexibility index (Phi) is 4.12. The zero-order valence-corrected chi connectivity index (χ0v) is 15.7. The smallest absolute Gasteiger partial charge is 0.0120 e. The third-order valence-corrected chi connectivity index (χ3v) is 4.96. The van der Waals surface area contributed by atoms with Crippen LogP contribution in [0.25, 0.3) is 33.0 Å². The number of benzene rings is 4. The zero-order valence-electron chi connectivity index (χ0n) is 15.7. The predicted molar refractivity (Wildman–Crippen MR) is 114 cm³/mol. The molecule has 0 unspecified atom stereocenters. The highest BCUT2D eigenvalue weighted by Gasteiger charge is 2.21. The summed E-state index contributed by atoms with van der Waals surface area (Å²) in [6.07, 6.45) is 0. The van der Waals surface area contributed by atoms with Crippen LogP contribution in [0, 0.1) is 0 Å². The van der Waals surface area contributed by atoms with Crippen molar-refractivity contribution in [3.63, 3.8) is 0 Å². The number of hydrogen-bond acceptors (Lipinski definition) is 0. The maximum Gasteiger partial charge on any atom is -0.0120 e. The van der Waals surface area contributed by atoms with Crippen LogP contribution >= 0.6 is 0 Å². The fraction of sp³-hybridized carbons (Fsp3) is 0.154. The Hall–Kier alpha value is -2.86. The molecule has 0 heteroatoms. The quantitative estimate of drug-likeness (QED) is 0.356. The van der Waals surface area contributed by atoms with Gasteiger partial charge in [-0.2, -0.15) is 0 Å². The number of rotatable bonds is 2. The summed E-state index contributed by atoms with van der Waals surface area (Å²) in [5.74, 6) is 0. The summed E-state index contributed by atoms with van der Waals surface area (Å²) < 4.78 is 0. The highest BCUT2D eigenvalue weighted by Crippen LogP contribution is 2.39. The molecule has 0 aliphatic rings. The van der Waals surface area contributed by atoms with Crippen LogP contribution in [0.3, 0.4) is 0 Å². The lowest BCUT2D eigenvalue weighted by molar-refractivity contribution is 0.597. The second kappa shape index (κ2) is 6.46. The van der Waals surface area contributed by atoms with Crippen molar-refractivity contribution in [2.24, 2.45) is 0 Å². The van der Waals surface area contributed by atoms with Gasteiger partial charge >= 0.3 is 0 Å². The molecule has 0 N–H and O–H groups in total. The van der Waals surface area contributed by atoms with Gasteiger partial charge in [0.05, 0.1) is 0 Å². The van der Waals surface area contributed by atoms with Crippen molar-refractivity contribution in [3.05, 3.63) is 96.6 Å². The van der Waals surface area contributed by atoms with Gasteiger partial charge in [0.25, 0.3) is 0 Å². The molecule has 0 fully saturated rings. The van der Waals surface area contributed by atoms with Gasteiger partial charge in [0.15, 0.2) is 0 Å². The normalized spacial score (nSPS) is 11.7. The first-order chi connectivity index (χ1) is 12.5. The van der Waals surface area contributed by atoms with E-state index >= 15 is 0 Å². The third kappa shape index (κ3) is 3.04. The predicted octanol–water partition coefficient (Wildman–Crippen LogP) is 7.47. The molecule has 0 spiro atoms. The molecule has 0 atom stereocenters. The highest BCUT2D eigenvalue weighted by atomic mass is 14.3. The van der Waals surface area contributed by atoms with Crippen LogP contribution in [0.4, 0.5) is 0 Å². The van der Waals surface area contributed by atoms with E-state index in [1.807, 2.05) is 0 Å². The maximum absolute atomic E-state index is 2.31. The van der Waals surface area contributed by atoms with E-state index in [1.165, 1.54) is 38.6 Å². The van der Waals surface area contributed by atoms with E-state index < -0.39 is 0 Å². The Morgan fingerprint density at radius 3 is 1.77 bits per heavy atom. The van der Waals surface area contributed by atoms with Gasteiger partial charge in [0.1, 0.15) is 0 Å². The van der Waals surface area contributed by atoms with Gasteiger partial charge < -0.3 is 0 Å². The summed E-state index contributed by atoms with van der Waals surface area (Å²) >= 11 is 0. The van der Waals surface area contributed by atoms with Crippen molar-refractivity contribution in [3.8, 4) is 22.3 Å². The third-order valence-electron chi connectivity index (χ3n) is 4.96. The van der Waals surface area contributed by atoms with Gasteiger partial charge in [-0.15, -0.1) is 0 Å². The summed E-state index contributed by atoms with van der Waals surface area (Å²) in [4.78, 5) is 0. The van der Waals surface area contributed by atoms with E-state index in [-0.39, 0.29) is 5.41 Å². The van der Waals surface area contributed by atoms with Gasteiger partial charge in [0, 0.05) is 0 Å². The first-order valence-electron chi connectivity index (χ1n) is 9.22.